The standard InChI is InChI=1S/C20H15NO7S2/c21-20-17(6-4-14-9-16(30(26,27)28)10-18(22)19(14)20)13-2-1-12-8-15(29(23,24)25)5-3-11(12)7-13/h1-10,22H,21H2,(H,23,24,25)(H,26,27,28). The van der Waals surface area contributed by atoms with Crippen molar-refractivity contribution in [3.8, 4) is 16.9 Å². The number of fused-ring (bicyclic) bond motifs is 2. The van der Waals surface area contributed by atoms with Gasteiger partial charge in [-0.25, -0.2) is 0 Å². The Labute approximate surface area is 171 Å². The van der Waals surface area contributed by atoms with Crippen LogP contribution in [0.4, 0.5) is 5.69 Å². The van der Waals surface area contributed by atoms with E-state index in [9.17, 15) is 31.0 Å². The predicted molar refractivity (Wildman–Crippen MR) is 113 cm³/mol. The van der Waals surface area contributed by atoms with E-state index in [1.807, 2.05) is 0 Å². The molecular formula is C20H15NO7S2. The van der Waals surface area contributed by atoms with Crippen LogP contribution in [-0.4, -0.2) is 31.0 Å². The third-order valence-corrected chi connectivity index (χ3v) is 6.51. The molecule has 154 valence electrons. The van der Waals surface area contributed by atoms with Crippen LogP contribution in [0.1, 0.15) is 0 Å². The van der Waals surface area contributed by atoms with Crippen LogP contribution in [0.2, 0.25) is 0 Å². The number of aromatic hydroxyl groups is 1. The summed E-state index contributed by atoms with van der Waals surface area (Å²) >= 11 is 0. The smallest absolute Gasteiger partial charge is 0.294 e. The monoisotopic (exact) mass is 445 g/mol. The Balaban J connectivity index is 1.89. The Bertz CT molecular complexity index is 1560. The summed E-state index contributed by atoms with van der Waals surface area (Å²) in [5.74, 6) is -0.391. The molecule has 8 nitrogen and oxygen atoms in total. The number of benzene rings is 4. The molecule has 0 atom stereocenters. The van der Waals surface area contributed by atoms with Gasteiger partial charge in [0.15, 0.2) is 0 Å². The zero-order valence-corrected chi connectivity index (χ0v) is 16.8. The molecule has 0 saturated heterocycles. The molecule has 0 aliphatic rings. The number of hydrogen-bond donors (Lipinski definition) is 4. The van der Waals surface area contributed by atoms with Gasteiger partial charge in [0, 0.05) is 17.0 Å². The van der Waals surface area contributed by atoms with Gasteiger partial charge in [-0.05, 0) is 46.0 Å². The van der Waals surface area contributed by atoms with Crippen LogP contribution in [0.3, 0.4) is 0 Å². The van der Waals surface area contributed by atoms with E-state index in [4.69, 9.17) is 5.73 Å². The second-order valence-electron chi connectivity index (χ2n) is 6.74. The highest BCUT2D eigenvalue weighted by Gasteiger charge is 2.17. The fraction of sp³-hybridized carbons (Fsp3) is 0. The molecule has 0 unspecified atom stereocenters. The van der Waals surface area contributed by atoms with Crippen molar-refractivity contribution in [1.82, 2.24) is 0 Å². The molecule has 4 rings (SSSR count). The van der Waals surface area contributed by atoms with Gasteiger partial charge in [0.05, 0.1) is 15.5 Å². The summed E-state index contributed by atoms with van der Waals surface area (Å²) in [7, 11) is -8.81. The van der Waals surface area contributed by atoms with Gasteiger partial charge in [0.1, 0.15) is 5.75 Å². The number of phenols is 1. The average Bonchev–Trinajstić information content (AvgIpc) is 2.65. The van der Waals surface area contributed by atoms with Crippen LogP contribution in [0.25, 0.3) is 32.7 Å². The maximum Gasteiger partial charge on any atom is 0.294 e. The van der Waals surface area contributed by atoms with Crippen molar-refractivity contribution >= 4 is 47.5 Å². The molecule has 0 radical (unpaired) electrons. The lowest BCUT2D eigenvalue weighted by Gasteiger charge is -2.13. The Morgan fingerprint density at radius 1 is 0.667 bits per heavy atom. The SMILES string of the molecule is Nc1c(-c2ccc3cc(S(=O)(=O)O)ccc3c2)ccc2cc(S(=O)(=O)O)cc(O)c12. The maximum absolute atomic E-state index is 11.4. The molecule has 0 heterocycles. The quantitative estimate of drug-likeness (QED) is 0.276. The van der Waals surface area contributed by atoms with E-state index in [2.05, 4.69) is 0 Å². The zero-order valence-electron chi connectivity index (χ0n) is 15.1. The van der Waals surface area contributed by atoms with Crippen molar-refractivity contribution in [3.05, 3.63) is 60.7 Å². The lowest BCUT2D eigenvalue weighted by Crippen LogP contribution is -1.99. The zero-order chi connectivity index (χ0) is 21.8. The van der Waals surface area contributed by atoms with Gasteiger partial charge < -0.3 is 10.8 Å². The summed E-state index contributed by atoms with van der Waals surface area (Å²) in [5, 5.41) is 12.2. The van der Waals surface area contributed by atoms with Crippen molar-refractivity contribution in [2.24, 2.45) is 0 Å². The van der Waals surface area contributed by atoms with Gasteiger partial charge in [-0.3, -0.25) is 9.11 Å². The first-order chi connectivity index (χ1) is 13.9. The molecule has 0 fully saturated rings. The van der Waals surface area contributed by atoms with E-state index in [-0.39, 0.29) is 16.0 Å². The van der Waals surface area contributed by atoms with Crippen molar-refractivity contribution in [3.63, 3.8) is 0 Å². The van der Waals surface area contributed by atoms with Gasteiger partial charge >= 0.3 is 0 Å². The largest absolute Gasteiger partial charge is 0.507 e. The van der Waals surface area contributed by atoms with E-state index in [0.29, 0.717) is 27.3 Å². The fourth-order valence-corrected chi connectivity index (χ4v) is 4.45. The summed E-state index contributed by atoms with van der Waals surface area (Å²) in [6.07, 6.45) is 0. The number of rotatable bonds is 3. The summed E-state index contributed by atoms with van der Waals surface area (Å²) in [6, 6.07) is 14.7. The molecule has 0 amide bonds. The average molecular weight is 445 g/mol. The minimum Gasteiger partial charge on any atom is -0.507 e. The minimum absolute atomic E-state index is 0.209. The van der Waals surface area contributed by atoms with Crippen LogP contribution < -0.4 is 5.73 Å². The second kappa shape index (κ2) is 6.67. The van der Waals surface area contributed by atoms with Gasteiger partial charge in [-0.1, -0.05) is 30.3 Å². The van der Waals surface area contributed by atoms with Gasteiger partial charge in [-0.2, -0.15) is 16.8 Å². The van der Waals surface area contributed by atoms with Gasteiger partial charge in [0.2, 0.25) is 0 Å². The number of phenolic OH excluding ortho intramolecular Hbond substituents is 1. The predicted octanol–water partition coefficient (Wildman–Crippen LogP) is 3.44. The van der Waals surface area contributed by atoms with E-state index in [1.54, 1.807) is 36.4 Å². The van der Waals surface area contributed by atoms with Crippen LogP contribution in [0, 0.1) is 0 Å². The normalized spacial score (nSPS) is 12.5. The number of nitrogens with two attached hydrogens (primary N) is 1. The van der Waals surface area contributed by atoms with Crippen LogP contribution >= 0.6 is 0 Å². The lowest BCUT2D eigenvalue weighted by atomic mass is 9.96. The van der Waals surface area contributed by atoms with Crippen LogP contribution in [-0.2, 0) is 20.2 Å². The first kappa shape index (κ1) is 20.1. The highest BCUT2D eigenvalue weighted by atomic mass is 32.2. The third-order valence-electron chi connectivity index (χ3n) is 4.83. The molecule has 0 aliphatic heterocycles. The van der Waals surface area contributed by atoms with E-state index in [1.165, 1.54) is 18.2 Å². The molecular weight excluding hydrogens is 430 g/mol. The maximum atomic E-state index is 11.4. The third kappa shape index (κ3) is 3.46. The van der Waals surface area contributed by atoms with Crippen LogP contribution in [0.15, 0.2) is 70.5 Å². The van der Waals surface area contributed by atoms with E-state index >= 15 is 0 Å². The highest BCUT2D eigenvalue weighted by molar-refractivity contribution is 7.86. The molecule has 0 saturated carbocycles. The Hall–Kier alpha value is -3.18. The first-order valence-corrected chi connectivity index (χ1v) is 11.4. The topological polar surface area (TPSA) is 155 Å². The van der Waals surface area contributed by atoms with Crippen molar-refractivity contribution in [1.29, 1.82) is 0 Å². The first-order valence-electron chi connectivity index (χ1n) is 8.49. The second-order valence-corrected chi connectivity index (χ2v) is 9.58. The molecule has 0 aromatic heterocycles. The molecule has 30 heavy (non-hydrogen) atoms. The molecule has 0 spiro atoms. The van der Waals surface area contributed by atoms with Gasteiger partial charge in [0.25, 0.3) is 20.2 Å². The highest BCUT2D eigenvalue weighted by Crippen LogP contribution is 2.39. The number of hydrogen-bond acceptors (Lipinski definition) is 6. The number of nitrogen functional groups attached to an aromatic ring is 1. The van der Waals surface area contributed by atoms with Crippen molar-refractivity contribution in [2.75, 3.05) is 5.73 Å². The van der Waals surface area contributed by atoms with Crippen LogP contribution in [0.5, 0.6) is 5.75 Å². The molecule has 0 aliphatic carbocycles. The molecule has 4 aromatic rings. The van der Waals surface area contributed by atoms with Crippen molar-refractivity contribution < 1.29 is 31.0 Å². The van der Waals surface area contributed by atoms with Gasteiger partial charge in [-0.15, -0.1) is 0 Å². The Morgan fingerprint density at radius 2 is 1.23 bits per heavy atom. The number of anilines is 1. The van der Waals surface area contributed by atoms with Crippen molar-refractivity contribution in [2.45, 2.75) is 9.79 Å². The molecule has 4 aromatic carbocycles. The Kier molecular flexibility index (Phi) is 4.47. The molecule has 5 N–H and O–H groups in total. The minimum atomic E-state index is -4.49. The fourth-order valence-electron chi connectivity index (χ4n) is 3.40. The van der Waals surface area contributed by atoms with E-state index < -0.39 is 30.9 Å². The summed E-state index contributed by atoms with van der Waals surface area (Å²) in [6.45, 7) is 0. The molecule has 0 bridgehead atoms. The molecule has 10 heteroatoms. The summed E-state index contributed by atoms with van der Waals surface area (Å²) in [5.41, 5.74) is 7.71. The Morgan fingerprint density at radius 3 is 1.90 bits per heavy atom. The summed E-state index contributed by atoms with van der Waals surface area (Å²) < 4.78 is 63.8. The lowest BCUT2D eigenvalue weighted by molar-refractivity contribution is 0.471. The summed E-state index contributed by atoms with van der Waals surface area (Å²) in [4.78, 5) is -0.660. The van der Waals surface area contributed by atoms with E-state index in [0.717, 1.165) is 6.07 Å².